The van der Waals surface area contributed by atoms with Gasteiger partial charge in [-0.1, -0.05) is 26.0 Å². The molecule has 0 amide bonds. The Kier molecular flexibility index (Phi) is 4.69. The Morgan fingerprint density at radius 1 is 1.24 bits per heavy atom. The van der Waals surface area contributed by atoms with Gasteiger partial charge in [-0.25, -0.2) is 4.98 Å². The maximum atomic E-state index is 10.3. The van der Waals surface area contributed by atoms with Gasteiger partial charge < -0.3 is 9.84 Å². The minimum absolute atomic E-state index is 0.312. The van der Waals surface area contributed by atoms with E-state index < -0.39 is 5.60 Å². The van der Waals surface area contributed by atoms with Crippen LogP contribution in [0.5, 0.6) is 5.75 Å². The maximum absolute atomic E-state index is 10.3. The SMILES string of the molecule is COc1ccc(Cc2nc(C(C)C)c(C(C)(C)O)s2)cc1. The average molecular weight is 305 g/mol. The molecular weight excluding hydrogens is 282 g/mol. The number of hydrogen-bond donors (Lipinski definition) is 1. The van der Waals surface area contributed by atoms with Crippen LogP contribution in [-0.2, 0) is 12.0 Å². The van der Waals surface area contributed by atoms with Gasteiger partial charge in [-0.05, 0) is 37.5 Å². The Labute approximate surface area is 130 Å². The highest BCUT2D eigenvalue weighted by molar-refractivity contribution is 7.11. The van der Waals surface area contributed by atoms with Crippen LogP contribution in [-0.4, -0.2) is 17.2 Å². The summed E-state index contributed by atoms with van der Waals surface area (Å²) in [6, 6.07) is 8.03. The third-order valence-electron chi connectivity index (χ3n) is 3.31. The monoisotopic (exact) mass is 305 g/mol. The molecule has 1 N–H and O–H groups in total. The highest BCUT2D eigenvalue weighted by Gasteiger charge is 2.26. The molecule has 0 bridgehead atoms. The van der Waals surface area contributed by atoms with E-state index in [1.807, 2.05) is 26.0 Å². The van der Waals surface area contributed by atoms with Gasteiger partial charge in [0, 0.05) is 6.42 Å². The lowest BCUT2D eigenvalue weighted by Crippen LogP contribution is -2.16. The largest absolute Gasteiger partial charge is 0.497 e. The van der Waals surface area contributed by atoms with E-state index in [4.69, 9.17) is 9.72 Å². The van der Waals surface area contributed by atoms with Crippen LogP contribution in [0.1, 0.15) is 54.8 Å². The molecule has 0 unspecified atom stereocenters. The number of hydrogen-bond acceptors (Lipinski definition) is 4. The first-order valence-corrected chi connectivity index (χ1v) is 7.98. The Balaban J connectivity index is 2.28. The molecule has 1 aromatic carbocycles. The van der Waals surface area contributed by atoms with Gasteiger partial charge >= 0.3 is 0 Å². The molecule has 0 atom stereocenters. The van der Waals surface area contributed by atoms with Crippen LogP contribution < -0.4 is 4.74 Å². The Hall–Kier alpha value is -1.39. The van der Waals surface area contributed by atoms with Crippen molar-refractivity contribution in [1.82, 2.24) is 4.98 Å². The lowest BCUT2D eigenvalue weighted by atomic mass is 10.0. The number of aliphatic hydroxyl groups is 1. The van der Waals surface area contributed by atoms with E-state index in [0.717, 1.165) is 27.7 Å². The fraction of sp³-hybridized carbons (Fsp3) is 0.471. The Morgan fingerprint density at radius 2 is 1.86 bits per heavy atom. The second-order valence-electron chi connectivity index (χ2n) is 6.06. The molecule has 0 aliphatic carbocycles. The minimum atomic E-state index is -0.838. The van der Waals surface area contributed by atoms with Crippen molar-refractivity contribution >= 4 is 11.3 Å². The summed E-state index contributed by atoms with van der Waals surface area (Å²) in [5, 5.41) is 11.4. The van der Waals surface area contributed by atoms with Crippen LogP contribution in [0.15, 0.2) is 24.3 Å². The van der Waals surface area contributed by atoms with E-state index in [2.05, 4.69) is 26.0 Å². The molecule has 0 spiro atoms. The molecule has 2 aromatic rings. The fourth-order valence-electron chi connectivity index (χ4n) is 2.20. The fourth-order valence-corrected chi connectivity index (χ4v) is 3.46. The summed E-state index contributed by atoms with van der Waals surface area (Å²) in [4.78, 5) is 5.71. The van der Waals surface area contributed by atoms with Crippen molar-refractivity contribution in [2.45, 2.75) is 45.6 Å². The summed E-state index contributed by atoms with van der Waals surface area (Å²) in [6.07, 6.45) is 0.782. The quantitative estimate of drug-likeness (QED) is 0.904. The van der Waals surface area contributed by atoms with Gasteiger partial charge in [0.25, 0.3) is 0 Å². The van der Waals surface area contributed by atoms with Crippen molar-refractivity contribution in [3.63, 3.8) is 0 Å². The van der Waals surface area contributed by atoms with Crippen molar-refractivity contribution in [2.24, 2.45) is 0 Å². The highest BCUT2D eigenvalue weighted by atomic mass is 32.1. The van der Waals surface area contributed by atoms with Crippen LogP contribution in [0.2, 0.25) is 0 Å². The summed E-state index contributed by atoms with van der Waals surface area (Å²) in [5.41, 5.74) is 1.37. The van der Waals surface area contributed by atoms with Gasteiger partial charge in [0.2, 0.25) is 0 Å². The van der Waals surface area contributed by atoms with Gasteiger partial charge in [-0.15, -0.1) is 11.3 Å². The van der Waals surface area contributed by atoms with Crippen LogP contribution >= 0.6 is 11.3 Å². The Bertz CT molecular complexity index is 594. The first-order valence-electron chi connectivity index (χ1n) is 7.16. The van der Waals surface area contributed by atoms with E-state index in [-0.39, 0.29) is 0 Å². The zero-order chi connectivity index (χ0) is 15.6. The first-order chi connectivity index (χ1) is 9.81. The van der Waals surface area contributed by atoms with Gasteiger partial charge in [-0.3, -0.25) is 0 Å². The molecule has 0 saturated carbocycles. The third kappa shape index (κ3) is 3.83. The number of ether oxygens (including phenoxy) is 1. The van der Waals surface area contributed by atoms with Gasteiger partial charge in [0.1, 0.15) is 5.75 Å². The summed E-state index contributed by atoms with van der Waals surface area (Å²) in [5.74, 6) is 1.17. The Morgan fingerprint density at radius 3 is 2.29 bits per heavy atom. The predicted octanol–water partition coefficient (Wildman–Crippen LogP) is 4.09. The number of thiazole rings is 1. The average Bonchev–Trinajstić information content (AvgIpc) is 2.84. The molecule has 2 rings (SSSR count). The van der Waals surface area contributed by atoms with Crippen molar-refractivity contribution in [1.29, 1.82) is 0 Å². The van der Waals surface area contributed by atoms with Gasteiger partial charge in [-0.2, -0.15) is 0 Å². The van der Waals surface area contributed by atoms with Gasteiger partial charge in [0.05, 0.1) is 28.3 Å². The van der Waals surface area contributed by atoms with E-state index in [1.165, 1.54) is 5.56 Å². The molecule has 0 fully saturated rings. The van der Waals surface area contributed by atoms with Crippen LogP contribution in [0, 0.1) is 0 Å². The minimum Gasteiger partial charge on any atom is -0.497 e. The standard InChI is InChI=1S/C17H23NO2S/c1-11(2)15-16(17(3,4)19)21-14(18-15)10-12-6-8-13(20-5)9-7-12/h6-9,11,19H,10H2,1-5H3. The van der Waals surface area contributed by atoms with E-state index in [0.29, 0.717) is 5.92 Å². The number of aromatic nitrogens is 1. The molecule has 0 radical (unpaired) electrons. The molecule has 0 aliphatic rings. The van der Waals surface area contributed by atoms with E-state index >= 15 is 0 Å². The lowest BCUT2D eigenvalue weighted by molar-refractivity contribution is 0.0811. The highest BCUT2D eigenvalue weighted by Crippen LogP contribution is 2.34. The number of benzene rings is 1. The zero-order valence-electron chi connectivity index (χ0n) is 13.3. The number of methoxy groups -OCH3 is 1. The summed E-state index contributed by atoms with van der Waals surface area (Å²) < 4.78 is 5.17. The first kappa shape index (κ1) is 16.0. The van der Waals surface area contributed by atoms with Gasteiger partial charge in [0.15, 0.2) is 0 Å². The van der Waals surface area contributed by atoms with Crippen LogP contribution in [0.4, 0.5) is 0 Å². The molecular formula is C17H23NO2S. The maximum Gasteiger partial charge on any atom is 0.118 e. The van der Waals surface area contributed by atoms with Crippen molar-refractivity contribution < 1.29 is 9.84 Å². The van der Waals surface area contributed by atoms with E-state index in [1.54, 1.807) is 18.4 Å². The molecule has 1 aromatic heterocycles. The topological polar surface area (TPSA) is 42.4 Å². The van der Waals surface area contributed by atoms with Crippen molar-refractivity contribution in [3.8, 4) is 5.75 Å². The second-order valence-corrected chi connectivity index (χ2v) is 7.14. The summed E-state index contributed by atoms with van der Waals surface area (Å²) >= 11 is 1.61. The molecule has 0 saturated heterocycles. The smallest absolute Gasteiger partial charge is 0.118 e. The van der Waals surface area contributed by atoms with Crippen LogP contribution in [0.25, 0.3) is 0 Å². The molecule has 0 aliphatic heterocycles. The normalized spacial score (nSPS) is 12.0. The summed E-state index contributed by atoms with van der Waals surface area (Å²) in [7, 11) is 1.67. The molecule has 4 heteroatoms. The second kappa shape index (κ2) is 6.16. The molecule has 1 heterocycles. The predicted molar refractivity (Wildman–Crippen MR) is 87.2 cm³/mol. The summed E-state index contributed by atoms with van der Waals surface area (Å²) in [6.45, 7) is 7.87. The molecule has 21 heavy (non-hydrogen) atoms. The third-order valence-corrected chi connectivity index (χ3v) is 4.70. The van der Waals surface area contributed by atoms with Crippen molar-refractivity contribution in [3.05, 3.63) is 45.4 Å². The van der Waals surface area contributed by atoms with E-state index in [9.17, 15) is 5.11 Å². The number of nitrogens with zero attached hydrogens (tertiary/aromatic N) is 1. The molecule has 114 valence electrons. The van der Waals surface area contributed by atoms with Crippen molar-refractivity contribution in [2.75, 3.05) is 7.11 Å². The zero-order valence-corrected chi connectivity index (χ0v) is 14.1. The number of rotatable bonds is 5. The van der Waals surface area contributed by atoms with Crippen LogP contribution in [0.3, 0.4) is 0 Å². The molecule has 3 nitrogen and oxygen atoms in total. The lowest BCUT2D eigenvalue weighted by Gasteiger charge is -2.17.